The number of carbonyl (C=O) groups is 1. The van der Waals surface area contributed by atoms with Gasteiger partial charge in [-0.2, -0.15) is 0 Å². The molecule has 0 spiro atoms. The molecule has 1 aliphatic rings. The lowest BCUT2D eigenvalue weighted by atomic mass is 9.94. The number of anilines is 1. The topological polar surface area (TPSA) is 192 Å². The van der Waals surface area contributed by atoms with Crippen LogP contribution in [0.25, 0.3) is 0 Å². The first-order chi connectivity index (χ1) is 17.6. The molecular formula is C25H35ClN6O6S. The zero-order valence-electron chi connectivity index (χ0n) is 22.5. The first kappa shape index (κ1) is 31.8. The van der Waals surface area contributed by atoms with Crippen LogP contribution in [0.2, 0.25) is 0 Å². The van der Waals surface area contributed by atoms with Crippen LogP contribution in [-0.4, -0.2) is 43.4 Å². The second kappa shape index (κ2) is 12.2. The lowest BCUT2D eigenvalue weighted by molar-refractivity contribution is -0.384. The fraction of sp³-hybridized carbons (Fsp3) is 0.440. The molecule has 2 aromatic carbocycles. The van der Waals surface area contributed by atoms with E-state index in [1.54, 1.807) is 13.8 Å². The standard InChI is InChI=1S/C25H34N6O6S.ClH/c1-14-15(2)22(16(3)19-13-25(4,5)37-21(14)19)38(35,36)30-24(27)28-12-6-7-20(26)23(32)29-17-8-10-18(11-9-17)31(33)34;/h8-11,20H,6-7,12-13,26H2,1-5H3,(H,29,32)(H3,27,28,30);1H/t20-;/m0./s1. The molecule has 0 fully saturated rings. The van der Waals surface area contributed by atoms with Crippen LogP contribution in [0.15, 0.2) is 34.2 Å². The van der Waals surface area contributed by atoms with E-state index >= 15 is 0 Å². The molecule has 2 aromatic rings. The van der Waals surface area contributed by atoms with Crippen LogP contribution in [-0.2, 0) is 21.2 Å². The zero-order chi connectivity index (χ0) is 28.4. The summed E-state index contributed by atoms with van der Waals surface area (Å²) in [5.41, 5.74) is 14.5. The molecule has 1 aliphatic heterocycles. The number of carbonyl (C=O) groups excluding carboxylic acids is 1. The van der Waals surface area contributed by atoms with E-state index in [1.807, 2.05) is 20.8 Å². The van der Waals surface area contributed by atoms with Gasteiger partial charge in [-0.3, -0.25) is 19.9 Å². The smallest absolute Gasteiger partial charge is 0.269 e. The number of aliphatic imine (C=N–C) groups is 1. The Bertz CT molecular complexity index is 1390. The van der Waals surface area contributed by atoms with Crippen molar-refractivity contribution in [1.29, 1.82) is 0 Å². The quantitative estimate of drug-likeness (QED) is 0.114. The van der Waals surface area contributed by atoms with Gasteiger partial charge in [-0.05, 0) is 76.3 Å². The Morgan fingerprint density at radius 2 is 1.79 bits per heavy atom. The third kappa shape index (κ3) is 7.37. The number of amides is 1. The summed E-state index contributed by atoms with van der Waals surface area (Å²) < 4.78 is 34.9. The Kier molecular flexibility index (Phi) is 9.93. The Labute approximate surface area is 234 Å². The molecule has 0 aliphatic carbocycles. The molecule has 0 saturated heterocycles. The van der Waals surface area contributed by atoms with Crippen molar-refractivity contribution in [3.63, 3.8) is 0 Å². The monoisotopic (exact) mass is 582 g/mol. The molecule has 0 bridgehead atoms. The number of nitrogens with one attached hydrogen (secondary N) is 2. The van der Waals surface area contributed by atoms with Gasteiger partial charge in [0.1, 0.15) is 11.4 Å². The van der Waals surface area contributed by atoms with Crippen molar-refractivity contribution >= 4 is 45.7 Å². The Morgan fingerprint density at radius 3 is 2.38 bits per heavy atom. The van der Waals surface area contributed by atoms with E-state index in [0.717, 1.165) is 16.9 Å². The number of hydrogen-bond donors (Lipinski definition) is 4. The number of hydrogen-bond acceptors (Lipinski definition) is 8. The first-order valence-electron chi connectivity index (χ1n) is 12.1. The van der Waals surface area contributed by atoms with Crippen LogP contribution >= 0.6 is 12.4 Å². The number of guanidine groups is 1. The highest BCUT2D eigenvalue weighted by Crippen LogP contribution is 2.43. The van der Waals surface area contributed by atoms with Gasteiger partial charge in [-0.15, -0.1) is 12.4 Å². The molecular weight excluding hydrogens is 548 g/mol. The van der Waals surface area contributed by atoms with E-state index in [-0.39, 0.29) is 41.9 Å². The average molecular weight is 583 g/mol. The van der Waals surface area contributed by atoms with Gasteiger partial charge in [0.15, 0.2) is 0 Å². The number of fused-ring (bicyclic) bond motifs is 1. The fourth-order valence-corrected chi connectivity index (χ4v) is 5.94. The van der Waals surface area contributed by atoms with Gasteiger partial charge in [0.05, 0.1) is 15.9 Å². The number of nitro benzene ring substituents is 1. The Morgan fingerprint density at radius 1 is 1.18 bits per heavy atom. The predicted molar refractivity (Wildman–Crippen MR) is 152 cm³/mol. The number of nitrogens with zero attached hydrogens (tertiary/aromatic N) is 2. The maximum Gasteiger partial charge on any atom is 0.269 e. The highest BCUT2D eigenvalue weighted by molar-refractivity contribution is 7.90. The summed E-state index contributed by atoms with van der Waals surface area (Å²) in [6.07, 6.45) is 1.24. The van der Waals surface area contributed by atoms with Crippen LogP contribution < -0.4 is 26.2 Å². The molecule has 0 aromatic heterocycles. The molecule has 1 amide bonds. The Balaban J connectivity index is 0.00000533. The highest BCUT2D eigenvalue weighted by atomic mass is 35.5. The molecule has 1 heterocycles. The maximum atomic E-state index is 13.2. The van der Waals surface area contributed by atoms with E-state index in [2.05, 4.69) is 15.0 Å². The van der Waals surface area contributed by atoms with Crippen LogP contribution in [0, 0.1) is 30.9 Å². The van der Waals surface area contributed by atoms with Gasteiger partial charge < -0.3 is 21.5 Å². The summed E-state index contributed by atoms with van der Waals surface area (Å²) >= 11 is 0. The zero-order valence-corrected chi connectivity index (χ0v) is 24.2. The molecule has 1 atom stereocenters. The van der Waals surface area contributed by atoms with Crippen molar-refractivity contribution in [2.45, 2.75) is 70.4 Å². The van der Waals surface area contributed by atoms with E-state index in [1.165, 1.54) is 24.3 Å². The SMILES string of the molecule is Cc1c(C)c(S(=O)(=O)NC(N)=NCCC[C@H](N)C(=O)Nc2ccc([N+](=O)[O-])cc2)c(C)c2c1OC(C)(C)C2.Cl. The average Bonchev–Trinajstić information content (AvgIpc) is 3.16. The van der Waals surface area contributed by atoms with Gasteiger partial charge in [0.25, 0.3) is 15.7 Å². The summed E-state index contributed by atoms with van der Waals surface area (Å²) in [5, 5.41) is 13.3. The summed E-state index contributed by atoms with van der Waals surface area (Å²) in [6.45, 7) is 9.42. The molecule has 214 valence electrons. The van der Waals surface area contributed by atoms with E-state index < -0.39 is 32.5 Å². The van der Waals surface area contributed by atoms with E-state index in [4.69, 9.17) is 16.2 Å². The molecule has 39 heavy (non-hydrogen) atoms. The molecule has 14 heteroatoms. The third-order valence-corrected chi connectivity index (χ3v) is 8.07. The minimum atomic E-state index is -4.00. The van der Waals surface area contributed by atoms with Gasteiger partial charge in [-0.1, -0.05) is 0 Å². The number of ether oxygens (including phenoxy) is 1. The second-order valence-electron chi connectivity index (χ2n) is 9.96. The van der Waals surface area contributed by atoms with Crippen LogP contribution in [0.5, 0.6) is 5.75 Å². The van der Waals surface area contributed by atoms with Crippen LogP contribution in [0.4, 0.5) is 11.4 Å². The second-order valence-corrected chi connectivity index (χ2v) is 11.6. The fourth-order valence-electron chi connectivity index (χ4n) is 4.41. The third-order valence-electron chi connectivity index (χ3n) is 6.44. The molecule has 3 rings (SSSR count). The van der Waals surface area contributed by atoms with Crippen molar-refractivity contribution < 1.29 is 22.9 Å². The molecule has 0 unspecified atom stereocenters. The lowest BCUT2D eigenvalue weighted by Gasteiger charge is -2.19. The van der Waals surface area contributed by atoms with E-state index in [9.17, 15) is 23.3 Å². The summed E-state index contributed by atoms with van der Waals surface area (Å²) in [7, 11) is -4.00. The van der Waals surface area contributed by atoms with Crippen LogP contribution in [0.3, 0.4) is 0 Å². The minimum Gasteiger partial charge on any atom is -0.487 e. The summed E-state index contributed by atoms with van der Waals surface area (Å²) in [6, 6.07) is 4.53. The maximum absolute atomic E-state index is 13.2. The normalized spacial score (nSPS) is 15.0. The summed E-state index contributed by atoms with van der Waals surface area (Å²) in [4.78, 5) is 26.7. The van der Waals surface area contributed by atoms with Crippen molar-refractivity contribution in [1.82, 2.24) is 4.72 Å². The minimum absolute atomic E-state index is 0. The number of non-ortho nitro benzene ring substituents is 1. The van der Waals surface area contributed by atoms with Crippen molar-refractivity contribution in [3.8, 4) is 5.75 Å². The number of rotatable bonds is 9. The predicted octanol–water partition coefficient (Wildman–Crippen LogP) is 2.99. The number of halogens is 1. The van der Waals surface area contributed by atoms with Crippen LogP contribution in [0.1, 0.15) is 48.9 Å². The molecule has 0 saturated carbocycles. The van der Waals surface area contributed by atoms with Crippen molar-refractivity contribution in [2.24, 2.45) is 16.5 Å². The highest BCUT2D eigenvalue weighted by Gasteiger charge is 2.36. The van der Waals surface area contributed by atoms with Gasteiger partial charge in [-0.25, -0.2) is 13.1 Å². The number of sulfonamides is 1. The summed E-state index contributed by atoms with van der Waals surface area (Å²) in [5.74, 6) is 0.0172. The number of nitrogens with two attached hydrogens (primary N) is 2. The van der Waals surface area contributed by atoms with E-state index in [0.29, 0.717) is 29.7 Å². The van der Waals surface area contributed by atoms with Crippen molar-refractivity contribution in [3.05, 3.63) is 56.6 Å². The van der Waals surface area contributed by atoms with Gasteiger partial charge >= 0.3 is 0 Å². The molecule has 0 radical (unpaired) electrons. The number of benzene rings is 2. The lowest BCUT2D eigenvalue weighted by Crippen LogP contribution is -2.38. The first-order valence-corrected chi connectivity index (χ1v) is 13.6. The van der Waals surface area contributed by atoms with Gasteiger partial charge in [0.2, 0.25) is 11.9 Å². The molecule has 6 N–H and O–H groups in total. The number of nitro groups is 1. The van der Waals surface area contributed by atoms with Crippen molar-refractivity contribution in [2.75, 3.05) is 11.9 Å². The molecule has 12 nitrogen and oxygen atoms in total. The van der Waals surface area contributed by atoms with Gasteiger partial charge in [0, 0.05) is 36.3 Å². The Hall–Kier alpha value is -3.42. The largest absolute Gasteiger partial charge is 0.487 e.